The molecule has 0 fully saturated rings. The van der Waals surface area contributed by atoms with E-state index in [4.69, 9.17) is 21.5 Å². The highest BCUT2D eigenvalue weighted by molar-refractivity contribution is 9.10. The minimum atomic E-state index is -3.95. The summed E-state index contributed by atoms with van der Waals surface area (Å²) in [5.41, 5.74) is 0.0869. The number of nitrogens with two attached hydrogens (primary N) is 1. The molecule has 6 nitrogen and oxygen atoms in total. The summed E-state index contributed by atoms with van der Waals surface area (Å²) >= 11 is 9.08. The molecule has 0 aromatic heterocycles. The van der Waals surface area contributed by atoms with Gasteiger partial charge < -0.3 is 9.64 Å². The molecule has 0 aliphatic heterocycles. The molecule has 0 atom stereocenters. The minimum Gasteiger partial charge on any atom is -0.385 e. The molecule has 0 unspecified atom stereocenters. The first-order valence-corrected chi connectivity index (χ1v) is 8.66. The molecular weight excluding hydrogens is 384 g/mol. The van der Waals surface area contributed by atoms with Crippen LogP contribution in [0.15, 0.2) is 21.5 Å². The van der Waals surface area contributed by atoms with Gasteiger partial charge in [0.25, 0.3) is 5.91 Å². The van der Waals surface area contributed by atoms with Crippen LogP contribution in [0.4, 0.5) is 0 Å². The van der Waals surface area contributed by atoms with Gasteiger partial charge in [0.05, 0.1) is 15.5 Å². The number of amides is 1. The van der Waals surface area contributed by atoms with Gasteiger partial charge in [-0.05, 0) is 34.5 Å². The van der Waals surface area contributed by atoms with Crippen LogP contribution >= 0.6 is 27.5 Å². The third-order valence-electron chi connectivity index (χ3n) is 2.75. The second-order valence-electron chi connectivity index (χ2n) is 4.38. The Kier molecular flexibility index (Phi) is 6.61. The van der Waals surface area contributed by atoms with E-state index in [0.717, 1.165) is 0 Å². The summed E-state index contributed by atoms with van der Waals surface area (Å²) in [6, 6.07) is 2.52. The Hall–Kier alpha value is -0.670. The van der Waals surface area contributed by atoms with Crippen molar-refractivity contribution in [2.24, 2.45) is 5.14 Å². The average Bonchev–Trinajstić information content (AvgIpc) is 2.36. The monoisotopic (exact) mass is 398 g/mol. The zero-order valence-corrected chi connectivity index (χ0v) is 14.8. The Labute approximate surface area is 137 Å². The second-order valence-corrected chi connectivity index (χ2v) is 7.17. The highest BCUT2D eigenvalue weighted by atomic mass is 79.9. The number of hydrogen-bond acceptors (Lipinski definition) is 4. The van der Waals surface area contributed by atoms with Crippen molar-refractivity contribution in [3.63, 3.8) is 0 Å². The number of nitrogens with zero attached hydrogens (tertiary/aromatic N) is 1. The van der Waals surface area contributed by atoms with Crippen molar-refractivity contribution in [1.82, 2.24) is 4.90 Å². The maximum atomic E-state index is 12.3. The molecule has 118 valence electrons. The third kappa shape index (κ3) is 4.93. The molecule has 0 radical (unpaired) electrons. The number of carbonyl (C=O) groups excluding carboxylic acids is 1. The molecule has 0 bridgehead atoms. The van der Waals surface area contributed by atoms with E-state index in [2.05, 4.69) is 15.9 Å². The highest BCUT2D eigenvalue weighted by Crippen LogP contribution is 2.29. The summed E-state index contributed by atoms with van der Waals surface area (Å²) in [6.45, 7) is 0.984. The van der Waals surface area contributed by atoms with Gasteiger partial charge in [0, 0.05) is 31.8 Å². The normalized spacial score (nSPS) is 11.5. The van der Waals surface area contributed by atoms with Crippen molar-refractivity contribution in [3.05, 3.63) is 27.2 Å². The van der Waals surface area contributed by atoms with E-state index in [0.29, 0.717) is 19.6 Å². The predicted molar refractivity (Wildman–Crippen MR) is 84.0 cm³/mol. The number of primary sulfonamides is 1. The minimum absolute atomic E-state index is 0.0869. The zero-order valence-electron chi connectivity index (χ0n) is 11.6. The number of rotatable bonds is 6. The summed E-state index contributed by atoms with van der Waals surface area (Å²) in [6.07, 6.45) is 0.662. The lowest BCUT2D eigenvalue weighted by atomic mass is 10.2. The Morgan fingerprint density at radius 1 is 1.48 bits per heavy atom. The molecule has 21 heavy (non-hydrogen) atoms. The van der Waals surface area contributed by atoms with Crippen LogP contribution in [-0.2, 0) is 14.8 Å². The first-order chi connectivity index (χ1) is 9.68. The lowest BCUT2D eigenvalue weighted by molar-refractivity contribution is 0.0779. The molecule has 0 saturated carbocycles. The molecule has 1 aromatic rings. The number of benzene rings is 1. The van der Waals surface area contributed by atoms with Crippen molar-refractivity contribution < 1.29 is 17.9 Å². The Morgan fingerprint density at radius 3 is 2.62 bits per heavy atom. The van der Waals surface area contributed by atoms with Crippen molar-refractivity contribution in [2.75, 3.05) is 27.3 Å². The van der Waals surface area contributed by atoms with E-state index in [1.54, 1.807) is 14.2 Å². The van der Waals surface area contributed by atoms with Gasteiger partial charge in [-0.25, -0.2) is 13.6 Å². The molecule has 0 spiro atoms. The number of hydrogen-bond donors (Lipinski definition) is 1. The summed E-state index contributed by atoms with van der Waals surface area (Å²) in [4.78, 5) is 13.6. The van der Waals surface area contributed by atoms with Crippen LogP contribution in [0.5, 0.6) is 0 Å². The Morgan fingerprint density at radius 2 is 2.10 bits per heavy atom. The lowest BCUT2D eigenvalue weighted by Crippen LogP contribution is -2.29. The second kappa shape index (κ2) is 7.55. The van der Waals surface area contributed by atoms with E-state index in [-0.39, 0.29) is 25.9 Å². The number of methoxy groups -OCH3 is 1. The number of sulfonamides is 1. The van der Waals surface area contributed by atoms with Gasteiger partial charge in [-0.2, -0.15) is 0 Å². The van der Waals surface area contributed by atoms with Crippen LogP contribution in [-0.4, -0.2) is 46.5 Å². The van der Waals surface area contributed by atoms with Gasteiger partial charge in [0.15, 0.2) is 0 Å². The highest BCUT2D eigenvalue weighted by Gasteiger charge is 2.21. The van der Waals surface area contributed by atoms with Crippen LogP contribution in [0.25, 0.3) is 0 Å². The topological polar surface area (TPSA) is 89.7 Å². The molecule has 0 saturated heterocycles. The van der Waals surface area contributed by atoms with Gasteiger partial charge in [-0.1, -0.05) is 11.6 Å². The third-order valence-corrected chi connectivity index (χ3v) is 4.93. The van der Waals surface area contributed by atoms with Crippen LogP contribution in [0, 0.1) is 0 Å². The zero-order chi connectivity index (χ0) is 16.2. The fourth-order valence-corrected chi connectivity index (χ4v) is 3.67. The van der Waals surface area contributed by atoms with Gasteiger partial charge in [0.2, 0.25) is 10.0 Å². The van der Waals surface area contributed by atoms with Crippen LogP contribution in [0.1, 0.15) is 16.8 Å². The molecule has 9 heteroatoms. The fraction of sp³-hybridized carbons (Fsp3) is 0.417. The lowest BCUT2D eigenvalue weighted by Gasteiger charge is -2.18. The van der Waals surface area contributed by atoms with Crippen LogP contribution in [0.2, 0.25) is 5.02 Å². The quantitative estimate of drug-likeness (QED) is 0.739. The summed E-state index contributed by atoms with van der Waals surface area (Å²) in [5, 5.41) is 5.26. The van der Waals surface area contributed by atoms with Gasteiger partial charge >= 0.3 is 0 Å². The Bertz CT molecular complexity index is 636. The van der Waals surface area contributed by atoms with E-state index in [9.17, 15) is 13.2 Å². The van der Waals surface area contributed by atoms with Gasteiger partial charge in [-0.15, -0.1) is 0 Å². The maximum absolute atomic E-state index is 12.3. The smallest absolute Gasteiger partial charge is 0.255 e. The largest absolute Gasteiger partial charge is 0.385 e. The van der Waals surface area contributed by atoms with Crippen molar-refractivity contribution in [1.29, 1.82) is 0 Å². The van der Waals surface area contributed by atoms with Gasteiger partial charge in [0.1, 0.15) is 0 Å². The maximum Gasteiger partial charge on any atom is 0.255 e. The SMILES string of the molecule is COCCCN(C)C(=O)c1cc(S(N)(=O)=O)c(Br)cc1Cl. The van der Waals surface area contributed by atoms with E-state index < -0.39 is 10.0 Å². The predicted octanol–water partition coefficient (Wildman–Crippen LogP) is 1.86. The summed E-state index contributed by atoms with van der Waals surface area (Å²) < 4.78 is 28.1. The molecule has 0 heterocycles. The first kappa shape index (κ1) is 18.4. The summed E-state index contributed by atoms with van der Waals surface area (Å²) in [7, 11) is -0.770. The van der Waals surface area contributed by atoms with Crippen molar-refractivity contribution >= 4 is 43.5 Å². The number of halogens is 2. The molecule has 1 amide bonds. The first-order valence-electron chi connectivity index (χ1n) is 5.94. The molecular formula is C12H16BrClN2O4S. The standard InChI is InChI=1S/C12H16BrClN2O4S/c1-16(4-3-5-20-2)12(17)8-6-11(21(15,18)19)9(13)7-10(8)14/h6-7H,3-5H2,1-2H3,(H2,15,18,19). The van der Waals surface area contributed by atoms with Crippen molar-refractivity contribution in [3.8, 4) is 0 Å². The number of carbonyl (C=O) groups is 1. The van der Waals surface area contributed by atoms with Crippen LogP contribution in [0.3, 0.4) is 0 Å². The van der Waals surface area contributed by atoms with E-state index in [1.165, 1.54) is 17.0 Å². The molecule has 0 aliphatic rings. The number of ether oxygens (including phenoxy) is 1. The van der Waals surface area contributed by atoms with Crippen molar-refractivity contribution in [2.45, 2.75) is 11.3 Å². The van der Waals surface area contributed by atoms with Crippen LogP contribution < -0.4 is 5.14 Å². The van der Waals surface area contributed by atoms with E-state index >= 15 is 0 Å². The molecule has 2 N–H and O–H groups in total. The fourth-order valence-electron chi connectivity index (χ4n) is 1.66. The molecule has 0 aliphatic carbocycles. The van der Waals surface area contributed by atoms with E-state index in [1.807, 2.05) is 0 Å². The average molecular weight is 400 g/mol. The Balaban J connectivity index is 3.10. The molecule has 1 aromatic carbocycles. The summed E-state index contributed by atoms with van der Waals surface area (Å²) in [5.74, 6) is -0.381. The molecule has 1 rings (SSSR count). The van der Waals surface area contributed by atoms with Gasteiger partial charge in [-0.3, -0.25) is 4.79 Å².